The van der Waals surface area contributed by atoms with Gasteiger partial charge in [-0.3, -0.25) is 0 Å². The summed E-state index contributed by atoms with van der Waals surface area (Å²) < 4.78 is 2.45. The Bertz CT molecular complexity index is 4000. The van der Waals surface area contributed by atoms with Crippen molar-refractivity contribution in [3.63, 3.8) is 0 Å². The first kappa shape index (κ1) is 39.4. The van der Waals surface area contributed by atoms with Gasteiger partial charge in [0.05, 0.1) is 11.0 Å². The third kappa shape index (κ3) is 6.82. The van der Waals surface area contributed by atoms with E-state index in [1.54, 1.807) is 0 Å². The summed E-state index contributed by atoms with van der Waals surface area (Å²) in [5.41, 5.74) is 16.3. The average Bonchev–Trinajstić information content (AvgIpc) is 3.77. The number of hydrogen-bond acceptors (Lipinski definition) is 1. The highest BCUT2D eigenvalue weighted by Gasteiger charge is 2.20. The van der Waals surface area contributed by atoms with Crippen LogP contribution >= 0.6 is 0 Å². The minimum absolute atomic E-state index is 1.08. The Balaban J connectivity index is 0.942. The van der Waals surface area contributed by atoms with Crippen LogP contribution in [0.3, 0.4) is 0 Å². The Labute approximate surface area is 395 Å². The fourth-order valence-electron chi connectivity index (χ4n) is 10.5. The summed E-state index contributed by atoms with van der Waals surface area (Å²) in [6, 6.07) is 97.5. The lowest BCUT2D eigenvalue weighted by Crippen LogP contribution is -2.10. The van der Waals surface area contributed by atoms with Crippen molar-refractivity contribution in [2.45, 2.75) is 0 Å². The molecular weight excluding hydrogens is 821 g/mol. The van der Waals surface area contributed by atoms with Crippen molar-refractivity contribution in [3.8, 4) is 50.2 Å². The van der Waals surface area contributed by atoms with Crippen molar-refractivity contribution >= 4 is 71.2 Å². The van der Waals surface area contributed by atoms with Crippen LogP contribution < -0.4 is 4.90 Å². The first-order valence-corrected chi connectivity index (χ1v) is 23.4. The fourth-order valence-corrected chi connectivity index (χ4v) is 10.5. The SMILES string of the molecule is c1ccc(-c2cccc(-c3ccc(N(c4ccc(-c5ccc6c(ccc7ccccc76)c5)cc4)c4cccc(-c5cccc6c5c5ccc7ccccc7c5n6-c5ccccc5)c4)cc3)c2)cc1. The maximum absolute atomic E-state index is 2.45. The number of para-hydroxylation sites is 1. The van der Waals surface area contributed by atoms with Crippen LogP contribution in [0, 0.1) is 0 Å². The molecule has 12 aromatic carbocycles. The van der Waals surface area contributed by atoms with Gasteiger partial charge in [-0.15, -0.1) is 0 Å². The summed E-state index contributed by atoms with van der Waals surface area (Å²) in [5.74, 6) is 0. The van der Waals surface area contributed by atoms with Crippen LogP contribution in [0.4, 0.5) is 17.1 Å². The highest BCUT2D eigenvalue weighted by Crippen LogP contribution is 2.44. The summed E-state index contributed by atoms with van der Waals surface area (Å²) in [6.45, 7) is 0. The second-order valence-corrected chi connectivity index (χ2v) is 17.7. The summed E-state index contributed by atoms with van der Waals surface area (Å²) >= 11 is 0. The van der Waals surface area contributed by atoms with E-state index in [0.717, 1.165) is 28.3 Å². The maximum atomic E-state index is 2.45. The predicted molar refractivity (Wildman–Crippen MR) is 290 cm³/mol. The Morgan fingerprint density at radius 1 is 0.265 bits per heavy atom. The van der Waals surface area contributed by atoms with Crippen LogP contribution in [0.5, 0.6) is 0 Å². The monoisotopic (exact) mass is 864 g/mol. The topological polar surface area (TPSA) is 8.17 Å². The number of nitrogens with zero attached hydrogens (tertiary/aromatic N) is 2. The van der Waals surface area contributed by atoms with Crippen LogP contribution in [-0.2, 0) is 0 Å². The first-order valence-electron chi connectivity index (χ1n) is 23.4. The molecular formula is C66H44N2. The second-order valence-electron chi connectivity index (χ2n) is 17.7. The van der Waals surface area contributed by atoms with Crippen molar-refractivity contribution in [2.24, 2.45) is 0 Å². The van der Waals surface area contributed by atoms with E-state index < -0.39 is 0 Å². The zero-order valence-corrected chi connectivity index (χ0v) is 37.3. The molecule has 0 spiro atoms. The van der Waals surface area contributed by atoms with Crippen molar-refractivity contribution < 1.29 is 0 Å². The normalized spacial score (nSPS) is 11.5. The molecule has 0 bridgehead atoms. The molecule has 1 aromatic heterocycles. The van der Waals surface area contributed by atoms with E-state index in [4.69, 9.17) is 0 Å². The number of anilines is 3. The third-order valence-electron chi connectivity index (χ3n) is 13.7. The molecule has 0 saturated heterocycles. The Morgan fingerprint density at radius 2 is 0.765 bits per heavy atom. The maximum Gasteiger partial charge on any atom is 0.0619 e. The lowest BCUT2D eigenvalue weighted by molar-refractivity contribution is 1.19. The van der Waals surface area contributed by atoms with E-state index in [0.29, 0.717) is 0 Å². The molecule has 68 heavy (non-hydrogen) atoms. The Kier molecular flexibility index (Phi) is 9.54. The van der Waals surface area contributed by atoms with E-state index in [9.17, 15) is 0 Å². The molecule has 13 aromatic rings. The van der Waals surface area contributed by atoms with Crippen LogP contribution in [0.15, 0.2) is 267 Å². The number of benzene rings is 12. The van der Waals surface area contributed by atoms with Crippen molar-refractivity contribution in [3.05, 3.63) is 267 Å². The van der Waals surface area contributed by atoms with Gasteiger partial charge in [-0.05, 0) is 138 Å². The molecule has 0 N–H and O–H groups in total. The van der Waals surface area contributed by atoms with Gasteiger partial charge >= 0.3 is 0 Å². The fraction of sp³-hybridized carbons (Fsp3) is 0. The standard InChI is InChI=1S/C66H44N2/c1-3-14-45(15-4-1)50-18-11-19-51(42-50)46-30-36-56(37-31-46)67(57-38-32-47(33-39-57)52-35-40-60-54(43-52)29-28-48-16-7-9-24-59(48)60)58-23-12-20-53(44-58)61-26-13-27-64-65(61)63-41-34-49-17-8-10-25-62(49)66(63)68(64)55-21-5-2-6-22-55/h1-44H. The summed E-state index contributed by atoms with van der Waals surface area (Å²) in [4.78, 5) is 2.39. The summed E-state index contributed by atoms with van der Waals surface area (Å²) in [6.07, 6.45) is 0. The number of fused-ring (bicyclic) bond motifs is 8. The van der Waals surface area contributed by atoms with E-state index in [2.05, 4.69) is 276 Å². The van der Waals surface area contributed by atoms with Gasteiger partial charge in [-0.2, -0.15) is 0 Å². The van der Waals surface area contributed by atoms with Gasteiger partial charge in [-0.25, -0.2) is 0 Å². The van der Waals surface area contributed by atoms with Gasteiger partial charge in [0, 0.05) is 38.9 Å². The zero-order chi connectivity index (χ0) is 45.0. The minimum atomic E-state index is 1.08. The lowest BCUT2D eigenvalue weighted by atomic mass is 9.96. The quantitative estimate of drug-likeness (QED) is 0.138. The van der Waals surface area contributed by atoms with Gasteiger partial charge < -0.3 is 9.47 Å². The van der Waals surface area contributed by atoms with Crippen LogP contribution in [-0.4, -0.2) is 4.57 Å². The van der Waals surface area contributed by atoms with Crippen molar-refractivity contribution in [1.82, 2.24) is 4.57 Å². The highest BCUT2D eigenvalue weighted by atomic mass is 15.1. The molecule has 0 radical (unpaired) electrons. The van der Waals surface area contributed by atoms with Crippen LogP contribution in [0.1, 0.15) is 0 Å². The van der Waals surface area contributed by atoms with Crippen LogP contribution in [0.25, 0.3) is 104 Å². The molecule has 1 heterocycles. The van der Waals surface area contributed by atoms with E-state index in [1.807, 2.05) is 0 Å². The van der Waals surface area contributed by atoms with Crippen molar-refractivity contribution in [1.29, 1.82) is 0 Å². The van der Waals surface area contributed by atoms with Gasteiger partial charge in [-0.1, -0.05) is 200 Å². The molecule has 0 unspecified atom stereocenters. The van der Waals surface area contributed by atoms with Gasteiger partial charge in [0.15, 0.2) is 0 Å². The molecule has 0 aliphatic heterocycles. The molecule has 0 fully saturated rings. The summed E-state index contributed by atoms with van der Waals surface area (Å²) in [5, 5.41) is 10.0. The Morgan fingerprint density at radius 3 is 1.50 bits per heavy atom. The third-order valence-corrected chi connectivity index (χ3v) is 13.7. The molecule has 13 rings (SSSR count). The number of rotatable bonds is 8. The van der Waals surface area contributed by atoms with E-state index in [1.165, 1.54) is 93.1 Å². The molecule has 0 aliphatic carbocycles. The molecule has 0 amide bonds. The average molecular weight is 865 g/mol. The minimum Gasteiger partial charge on any atom is -0.310 e. The molecule has 0 saturated carbocycles. The van der Waals surface area contributed by atoms with E-state index >= 15 is 0 Å². The predicted octanol–water partition coefficient (Wildman–Crippen LogP) is 18.4. The van der Waals surface area contributed by atoms with Gasteiger partial charge in [0.25, 0.3) is 0 Å². The number of aromatic nitrogens is 1. The first-order chi connectivity index (χ1) is 33.7. The molecule has 0 aliphatic rings. The number of hydrogen-bond donors (Lipinski definition) is 0. The molecule has 2 nitrogen and oxygen atoms in total. The van der Waals surface area contributed by atoms with Crippen LogP contribution in [0.2, 0.25) is 0 Å². The van der Waals surface area contributed by atoms with Gasteiger partial charge in [0.1, 0.15) is 0 Å². The molecule has 0 atom stereocenters. The second kappa shape index (κ2) is 16.5. The Hall–Kier alpha value is -8.98. The van der Waals surface area contributed by atoms with Crippen molar-refractivity contribution in [2.75, 3.05) is 4.90 Å². The smallest absolute Gasteiger partial charge is 0.0619 e. The van der Waals surface area contributed by atoms with Gasteiger partial charge in [0.2, 0.25) is 0 Å². The summed E-state index contributed by atoms with van der Waals surface area (Å²) in [7, 11) is 0. The van der Waals surface area contributed by atoms with E-state index in [-0.39, 0.29) is 0 Å². The molecule has 2 heteroatoms. The highest BCUT2D eigenvalue weighted by molar-refractivity contribution is 6.22. The molecule has 318 valence electrons. The zero-order valence-electron chi connectivity index (χ0n) is 37.3. The lowest BCUT2D eigenvalue weighted by Gasteiger charge is -2.26. The largest absolute Gasteiger partial charge is 0.310 e.